The Kier molecular flexibility index (Phi) is 11.7. The van der Waals surface area contributed by atoms with Crippen molar-refractivity contribution in [1.82, 2.24) is 24.5 Å². The number of hydrogen-bond donors (Lipinski definition) is 0. The minimum absolute atomic E-state index is 0.128. The second-order valence-electron chi connectivity index (χ2n) is 18.6. The summed E-state index contributed by atoms with van der Waals surface area (Å²) >= 11 is 0. The first kappa shape index (κ1) is 38.7. The average Bonchev–Trinajstić information content (AvgIpc) is 3.73. The van der Waals surface area contributed by atoms with Crippen molar-refractivity contribution >= 4 is 33.7 Å². The van der Waals surface area contributed by atoms with E-state index in [1.54, 1.807) is 0 Å². The summed E-state index contributed by atoms with van der Waals surface area (Å²) in [6.45, 7) is 23.0. The molecule has 2 aliphatic heterocycles. The molecule has 11 nitrogen and oxygen atoms in total. The van der Waals surface area contributed by atoms with Gasteiger partial charge in [0.2, 0.25) is 5.88 Å². The molecule has 5 heterocycles. The predicted octanol–water partition coefficient (Wildman–Crippen LogP) is 8.66. The standard InChI is InChI=1S/C39H62N6O5Si2/c1-39(2,3)50-38(46)44-31-13-14-32(44)21-30(20-31)34-22-36(43(26-47-16-18-51(4,5)6)27-48-17-19-52(7,8)9)45-37(42-34)33(24-41-45)29-12-15-35(40-23-29)49-25-28-10-11-28/h12,15,22-24,28,30-32H,10-11,13-14,16-21,25-27H2,1-9H3/t30-,31-,32+. The van der Waals surface area contributed by atoms with Crippen molar-refractivity contribution in [2.75, 3.05) is 38.2 Å². The molecule has 2 saturated heterocycles. The molecule has 0 radical (unpaired) electrons. The number of ether oxygens (including phenoxy) is 4. The van der Waals surface area contributed by atoms with Gasteiger partial charge in [0.1, 0.15) is 24.9 Å². The molecule has 3 aromatic rings. The van der Waals surface area contributed by atoms with Crippen LogP contribution >= 0.6 is 0 Å². The fourth-order valence-electron chi connectivity index (χ4n) is 7.02. The molecule has 2 bridgehead atoms. The second-order valence-corrected chi connectivity index (χ2v) is 29.9. The Balaban J connectivity index is 1.33. The Labute approximate surface area is 312 Å². The number of nitrogens with zero attached hydrogens (tertiary/aromatic N) is 6. The van der Waals surface area contributed by atoms with E-state index in [0.717, 1.165) is 72.7 Å². The summed E-state index contributed by atoms with van der Waals surface area (Å²) < 4.78 is 26.5. The zero-order valence-electron chi connectivity index (χ0n) is 33.1. The van der Waals surface area contributed by atoms with Crippen LogP contribution in [0.15, 0.2) is 30.6 Å². The van der Waals surface area contributed by atoms with Gasteiger partial charge in [0, 0.05) is 82.5 Å². The van der Waals surface area contributed by atoms with E-state index in [9.17, 15) is 4.79 Å². The molecule has 0 aromatic carbocycles. The van der Waals surface area contributed by atoms with Crippen LogP contribution in [0.1, 0.15) is 70.9 Å². The first-order valence-corrected chi connectivity index (χ1v) is 26.8. The summed E-state index contributed by atoms with van der Waals surface area (Å²) in [5, 5.41) is 4.93. The van der Waals surface area contributed by atoms with Crippen molar-refractivity contribution in [1.29, 1.82) is 0 Å². The summed E-state index contributed by atoms with van der Waals surface area (Å²) in [6.07, 6.45) is 9.68. The summed E-state index contributed by atoms with van der Waals surface area (Å²) in [4.78, 5) is 27.5. The quantitative estimate of drug-likeness (QED) is 0.0809. The Bertz CT molecular complexity index is 1620. The largest absolute Gasteiger partial charge is 0.477 e. The zero-order chi connectivity index (χ0) is 37.3. The van der Waals surface area contributed by atoms with Crippen molar-refractivity contribution in [3.8, 4) is 17.0 Å². The van der Waals surface area contributed by atoms with Crippen molar-refractivity contribution in [2.24, 2.45) is 5.92 Å². The third-order valence-electron chi connectivity index (χ3n) is 10.3. The molecular formula is C39H62N6O5Si2. The van der Waals surface area contributed by atoms with Gasteiger partial charge in [-0.2, -0.15) is 9.61 Å². The average molecular weight is 751 g/mol. The van der Waals surface area contributed by atoms with E-state index in [-0.39, 0.29) is 24.1 Å². The highest BCUT2D eigenvalue weighted by atomic mass is 28.3. The van der Waals surface area contributed by atoms with Crippen molar-refractivity contribution in [2.45, 2.75) is 134 Å². The highest BCUT2D eigenvalue weighted by molar-refractivity contribution is 6.76. The number of fused-ring (bicyclic) bond motifs is 3. The monoisotopic (exact) mass is 750 g/mol. The minimum Gasteiger partial charge on any atom is -0.477 e. The van der Waals surface area contributed by atoms with Gasteiger partial charge in [-0.15, -0.1) is 0 Å². The number of aromatic nitrogens is 4. The van der Waals surface area contributed by atoms with Gasteiger partial charge in [-0.05, 0) is 83.4 Å². The molecule has 1 saturated carbocycles. The summed E-state index contributed by atoms with van der Waals surface area (Å²) in [5.74, 6) is 2.38. The van der Waals surface area contributed by atoms with E-state index in [4.69, 9.17) is 29.0 Å². The van der Waals surface area contributed by atoms with Crippen LogP contribution in [0.4, 0.5) is 10.6 Å². The van der Waals surface area contributed by atoms with Crippen LogP contribution in [0.25, 0.3) is 16.8 Å². The Morgan fingerprint density at radius 2 is 1.54 bits per heavy atom. The lowest BCUT2D eigenvalue weighted by atomic mass is 9.88. The predicted molar refractivity (Wildman–Crippen MR) is 212 cm³/mol. The first-order valence-electron chi connectivity index (χ1n) is 19.4. The Hall–Kier alpha value is -3.01. The molecule has 3 fully saturated rings. The van der Waals surface area contributed by atoms with Gasteiger partial charge in [0.05, 0.1) is 12.8 Å². The molecule has 286 valence electrons. The third kappa shape index (κ3) is 10.4. The van der Waals surface area contributed by atoms with E-state index in [0.29, 0.717) is 38.5 Å². The fourth-order valence-corrected chi connectivity index (χ4v) is 8.54. The van der Waals surface area contributed by atoms with E-state index >= 15 is 0 Å². The maximum atomic E-state index is 13.3. The number of piperidine rings is 1. The second kappa shape index (κ2) is 15.8. The zero-order valence-corrected chi connectivity index (χ0v) is 35.1. The molecule has 1 aliphatic carbocycles. The van der Waals surface area contributed by atoms with Crippen LogP contribution in [0.2, 0.25) is 51.4 Å². The molecule has 6 rings (SSSR count). The number of carbonyl (C=O) groups excluding carboxylic acids is 1. The molecular weight excluding hydrogens is 689 g/mol. The highest BCUT2D eigenvalue weighted by Crippen LogP contribution is 2.44. The van der Waals surface area contributed by atoms with E-state index in [1.165, 1.54) is 12.8 Å². The van der Waals surface area contributed by atoms with E-state index < -0.39 is 21.7 Å². The molecule has 3 aromatic heterocycles. The third-order valence-corrected chi connectivity index (χ3v) is 13.7. The summed E-state index contributed by atoms with van der Waals surface area (Å²) in [5.41, 5.74) is 3.11. The fraction of sp³-hybridized carbons (Fsp3) is 0.692. The van der Waals surface area contributed by atoms with Crippen LogP contribution < -0.4 is 9.64 Å². The first-order chi connectivity index (χ1) is 24.5. The van der Waals surface area contributed by atoms with Crippen molar-refractivity contribution < 1.29 is 23.7 Å². The number of rotatable bonds is 16. The molecule has 0 spiro atoms. The maximum absolute atomic E-state index is 13.3. The van der Waals surface area contributed by atoms with Gasteiger partial charge in [-0.1, -0.05) is 39.3 Å². The van der Waals surface area contributed by atoms with Crippen LogP contribution in [0, 0.1) is 5.92 Å². The van der Waals surface area contributed by atoms with Crippen molar-refractivity contribution in [3.05, 3.63) is 36.3 Å². The summed E-state index contributed by atoms with van der Waals surface area (Å²) in [6, 6.07) is 8.62. The van der Waals surface area contributed by atoms with Crippen molar-refractivity contribution in [3.63, 3.8) is 0 Å². The van der Waals surface area contributed by atoms with E-state index in [2.05, 4.69) is 61.3 Å². The minimum atomic E-state index is -1.27. The van der Waals surface area contributed by atoms with Crippen LogP contribution in [0.3, 0.4) is 0 Å². The normalized spacial score (nSPS) is 20.8. The van der Waals surface area contributed by atoms with E-state index in [1.807, 2.05) is 48.6 Å². The molecule has 3 aliphatic rings. The summed E-state index contributed by atoms with van der Waals surface area (Å²) in [7, 11) is -2.53. The van der Waals surface area contributed by atoms with Gasteiger partial charge >= 0.3 is 6.09 Å². The number of amides is 1. The van der Waals surface area contributed by atoms with Gasteiger partial charge in [0.25, 0.3) is 0 Å². The number of hydrogen-bond acceptors (Lipinski definition) is 9. The molecule has 3 atom stereocenters. The Morgan fingerprint density at radius 1 is 0.904 bits per heavy atom. The van der Waals surface area contributed by atoms with Gasteiger partial charge in [-0.25, -0.2) is 14.8 Å². The molecule has 0 unspecified atom stereocenters. The Morgan fingerprint density at radius 3 is 2.08 bits per heavy atom. The maximum Gasteiger partial charge on any atom is 0.410 e. The lowest BCUT2D eigenvalue weighted by Gasteiger charge is -2.39. The van der Waals surface area contributed by atoms with Gasteiger partial charge < -0.3 is 28.7 Å². The van der Waals surface area contributed by atoms with Gasteiger partial charge in [-0.3, -0.25) is 0 Å². The van der Waals surface area contributed by atoms with Gasteiger partial charge in [0.15, 0.2) is 5.65 Å². The smallest absolute Gasteiger partial charge is 0.410 e. The lowest BCUT2D eigenvalue weighted by molar-refractivity contribution is 0.00568. The van der Waals surface area contributed by atoms with Crippen LogP contribution in [0.5, 0.6) is 5.88 Å². The number of pyridine rings is 1. The lowest BCUT2D eigenvalue weighted by Crippen LogP contribution is -2.48. The molecule has 1 amide bonds. The number of carbonyl (C=O) groups is 1. The number of anilines is 1. The molecule has 0 N–H and O–H groups in total. The highest BCUT2D eigenvalue weighted by Gasteiger charge is 2.45. The van der Waals surface area contributed by atoms with Crippen LogP contribution in [-0.4, -0.2) is 97.7 Å². The molecule has 52 heavy (non-hydrogen) atoms. The topological polar surface area (TPSA) is 104 Å². The van der Waals surface area contributed by atoms with Crippen LogP contribution in [-0.2, 0) is 14.2 Å². The molecule has 13 heteroatoms. The SMILES string of the molecule is CC(C)(C)OC(=O)N1[C@@H]2CC[C@H]1C[C@H](c1cc(N(COCC[Si](C)(C)C)COCC[Si](C)(C)C)n3ncc(-c4ccc(OCC5CC5)nc4)c3n1)C2.